The highest BCUT2D eigenvalue weighted by Crippen LogP contribution is 2.04. The molecule has 1 aliphatic rings. The number of amidine groups is 1. The van der Waals surface area contributed by atoms with Gasteiger partial charge in [-0.15, -0.1) is 4.99 Å². The molecule has 1 aromatic carbocycles. The van der Waals surface area contributed by atoms with Crippen molar-refractivity contribution in [2.75, 3.05) is 0 Å². The molecule has 0 aliphatic carbocycles. The van der Waals surface area contributed by atoms with Crippen LogP contribution in [0.1, 0.15) is 10.4 Å². The number of carbonyl (C=O) groups excluding carboxylic acids is 1. The van der Waals surface area contributed by atoms with Crippen LogP contribution in [0, 0.1) is 6.20 Å². The number of hydrogen-bond donors (Lipinski definition) is 1. The first-order chi connectivity index (χ1) is 7.77. The van der Waals surface area contributed by atoms with E-state index in [-0.39, 0.29) is 5.84 Å². The fraction of sp³-hybridized carbons (Fsp3) is 0. The molecule has 1 amide bonds. The van der Waals surface area contributed by atoms with Crippen LogP contribution in [0.4, 0.5) is 0 Å². The summed E-state index contributed by atoms with van der Waals surface area (Å²) < 4.78 is 0. The molecule has 0 spiro atoms. The molecule has 0 fully saturated rings. The molecule has 1 N–H and O–H groups in total. The lowest BCUT2D eigenvalue weighted by Crippen LogP contribution is -2.23. The Morgan fingerprint density at radius 2 is 2.06 bits per heavy atom. The van der Waals surface area contributed by atoms with E-state index in [2.05, 4.69) is 11.2 Å². The summed E-state index contributed by atoms with van der Waals surface area (Å²) >= 11 is 0. The van der Waals surface area contributed by atoms with Gasteiger partial charge in [-0.05, 0) is 12.1 Å². The number of carbonyl (C=O) groups is 1. The molecule has 2 rings (SSSR count). The lowest BCUT2D eigenvalue weighted by atomic mass is 10.2. The second kappa shape index (κ2) is 4.49. The normalized spacial score (nSPS) is 16.3. The van der Waals surface area contributed by atoms with Gasteiger partial charge in [-0.2, -0.15) is 0 Å². The Morgan fingerprint density at radius 1 is 1.31 bits per heavy atom. The molecule has 0 radical (unpaired) electrons. The van der Waals surface area contributed by atoms with Crippen LogP contribution in [0.25, 0.3) is 0 Å². The van der Waals surface area contributed by atoms with E-state index in [0.29, 0.717) is 10.6 Å². The summed E-state index contributed by atoms with van der Waals surface area (Å²) in [6, 6.07) is 8.67. The Labute approximate surface area is 92.8 Å². The molecule has 1 heterocycles. The van der Waals surface area contributed by atoms with E-state index < -0.39 is 5.91 Å². The summed E-state index contributed by atoms with van der Waals surface area (Å²) in [5.74, 6) is -0.251. The van der Waals surface area contributed by atoms with Gasteiger partial charge in [0, 0.05) is 5.56 Å². The van der Waals surface area contributed by atoms with Gasteiger partial charge in [0.15, 0.2) is 6.20 Å². The second-order valence-corrected chi connectivity index (χ2v) is 3.11. The van der Waals surface area contributed by atoms with E-state index >= 15 is 0 Å². The van der Waals surface area contributed by atoms with Crippen molar-refractivity contribution in [3.8, 4) is 0 Å². The van der Waals surface area contributed by atoms with Gasteiger partial charge in [0.1, 0.15) is 6.08 Å². The number of allylic oxidation sites excluding steroid dienone is 2. The summed E-state index contributed by atoms with van der Waals surface area (Å²) in [5.41, 5.74) is 0.478. The number of nitrogens with zero attached hydrogens (tertiary/aromatic N) is 2. The van der Waals surface area contributed by atoms with E-state index in [4.69, 9.17) is 0 Å². The second-order valence-electron chi connectivity index (χ2n) is 3.11. The summed E-state index contributed by atoms with van der Waals surface area (Å²) in [6.45, 7) is 0. The van der Waals surface area contributed by atoms with Crippen molar-refractivity contribution in [3.05, 3.63) is 60.3 Å². The highest BCUT2D eigenvalue weighted by atomic mass is 16.5. The zero-order chi connectivity index (χ0) is 11.4. The summed E-state index contributed by atoms with van der Waals surface area (Å²) in [7, 11) is 0. The highest BCUT2D eigenvalue weighted by molar-refractivity contribution is 6.06. The summed E-state index contributed by atoms with van der Waals surface area (Å²) in [4.78, 5) is 15.4. The molecule has 1 aromatic rings. The van der Waals surface area contributed by atoms with Gasteiger partial charge in [-0.3, -0.25) is 10.0 Å². The number of aliphatic imine (C=N–C) groups is 1. The van der Waals surface area contributed by atoms with E-state index in [1.54, 1.807) is 30.3 Å². The van der Waals surface area contributed by atoms with E-state index in [0.717, 1.165) is 0 Å². The number of amides is 1. The Hall–Kier alpha value is -2.29. The van der Waals surface area contributed by atoms with Crippen molar-refractivity contribution in [3.63, 3.8) is 0 Å². The van der Waals surface area contributed by atoms with Crippen LogP contribution < -0.4 is 0 Å². The van der Waals surface area contributed by atoms with Crippen LogP contribution in [0.5, 0.6) is 0 Å². The lowest BCUT2D eigenvalue weighted by Gasteiger charge is -2.02. The maximum Gasteiger partial charge on any atom is 0.292 e. The van der Waals surface area contributed by atoms with Gasteiger partial charge >= 0.3 is 0 Å². The first-order valence-electron chi connectivity index (χ1n) is 4.70. The van der Waals surface area contributed by atoms with E-state index in [9.17, 15) is 10.0 Å². The minimum Gasteiger partial charge on any atom is -0.265 e. The zero-order valence-corrected chi connectivity index (χ0v) is 8.37. The quantitative estimate of drug-likeness (QED) is 0.724. The average Bonchev–Trinajstić information content (AvgIpc) is 2.33. The number of hydroxylamine groups is 2. The van der Waals surface area contributed by atoms with Crippen molar-refractivity contribution in [1.82, 2.24) is 5.06 Å². The minimum atomic E-state index is -0.400. The molecule has 0 unspecified atom stereocenters. The van der Waals surface area contributed by atoms with Crippen LogP contribution in [0.3, 0.4) is 0 Å². The van der Waals surface area contributed by atoms with Crippen molar-refractivity contribution in [1.29, 1.82) is 0 Å². The monoisotopic (exact) mass is 213 g/mol. The van der Waals surface area contributed by atoms with Crippen LogP contribution >= 0.6 is 0 Å². The number of rotatable bonds is 1. The highest BCUT2D eigenvalue weighted by Gasteiger charge is 2.18. The Balaban J connectivity index is 2.22. The fourth-order valence-corrected chi connectivity index (χ4v) is 1.22. The number of hydrogen-bond acceptors (Lipinski definition) is 2. The van der Waals surface area contributed by atoms with Gasteiger partial charge in [-0.25, -0.2) is 0 Å². The molecule has 0 atom stereocenters. The third-order valence-corrected chi connectivity index (χ3v) is 1.99. The van der Waals surface area contributed by atoms with Crippen LogP contribution in [-0.2, 0) is 0 Å². The third-order valence-electron chi connectivity index (χ3n) is 1.99. The molecule has 16 heavy (non-hydrogen) atoms. The number of benzene rings is 1. The third kappa shape index (κ3) is 2.20. The molecular formula is C12H9N2O2+. The molecule has 4 heteroatoms. The van der Waals surface area contributed by atoms with Crippen molar-refractivity contribution < 1.29 is 10.0 Å². The van der Waals surface area contributed by atoms with Crippen LogP contribution in [0.2, 0.25) is 0 Å². The molecule has 0 bridgehead atoms. The smallest absolute Gasteiger partial charge is 0.265 e. The van der Waals surface area contributed by atoms with Crippen molar-refractivity contribution >= 4 is 11.7 Å². The van der Waals surface area contributed by atoms with E-state index in [1.165, 1.54) is 12.2 Å². The summed E-state index contributed by atoms with van der Waals surface area (Å²) in [5, 5.41) is 10.0. The largest absolute Gasteiger partial charge is 0.292 e. The maximum absolute atomic E-state index is 11.7. The van der Waals surface area contributed by atoms with Crippen LogP contribution in [-0.4, -0.2) is 22.0 Å². The standard InChI is InChI=1S/C12H9N2O2/c15-12(10-6-2-1-3-7-10)13-11-8-4-5-9-14(11)16/h1-8,16H/q+1. The van der Waals surface area contributed by atoms with Gasteiger partial charge in [0.25, 0.3) is 11.7 Å². The zero-order valence-electron chi connectivity index (χ0n) is 8.37. The van der Waals surface area contributed by atoms with Crippen LogP contribution in [0.15, 0.2) is 53.6 Å². The Morgan fingerprint density at radius 3 is 2.75 bits per heavy atom. The van der Waals surface area contributed by atoms with Crippen molar-refractivity contribution in [2.45, 2.75) is 0 Å². The van der Waals surface area contributed by atoms with Gasteiger partial charge in [-0.1, -0.05) is 23.3 Å². The SMILES string of the molecule is O=C(N=C1C=CC=[C+]N1O)c1ccccc1. The predicted octanol–water partition coefficient (Wildman–Crippen LogP) is 1.80. The first-order valence-corrected chi connectivity index (χ1v) is 4.70. The molecule has 4 nitrogen and oxygen atoms in total. The first kappa shape index (κ1) is 10.2. The summed E-state index contributed by atoms with van der Waals surface area (Å²) in [6.07, 6.45) is 7.17. The molecular weight excluding hydrogens is 204 g/mol. The molecule has 0 saturated heterocycles. The van der Waals surface area contributed by atoms with Crippen molar-refractivity contribution in [2.24, 2.45) is 4.99 Å². The van der Waals surface area contributed by atoms with Gasteiger partial charge in [0.05, 0.1) is 12.2 Å². The molecule has 1 aliphatic heterocycles. The lowest BCUT2D eigenvalue weighted by molar-refractivity contribution is 0.0281. The predicted molar refractivity (Wildman–Crippen MR) is 58.8 cm³/mol. The van der Waals surface area contributed by atoms with E-state index in [1.807, 2.05) is 6.07 Å². The fourth-order valence-electron chi connectivity index (χ4n) is 1.22. The maximum atomic E-state index is 11.7. The average molecular weight is 213 g/mol. The topological polar surface area (TPSA) is 52.9 Å². The molecule has 0 saturated carbocycles. The van der Waals surface area contributed by atoms with Gasteiger partial charge in [0.2, 0.25) is 0 Å². The Bertz CT molecular complexity index is 475. The molecule has 78 valence electrons. The molecule has 0 aromatic heterocycles. The minimum absolute atomic E-state index is 0.149. The Kier molecular flexibility index (Phi) is 2.87. The van der Waals surface area contributed by atoms with Gasteiger partial charge < -0.3 is 0 Å².